The molecule has 3 aliphatic rings. The highest BCUT2D eigenvalue weighted by Gasteiger charge is 2.39. The molecule has 2 unspecified atom stereocenters. The summed E-state index contributed by atoms with van der Waals surface area (Å²) in [6.45, 7) is 5.08. The number of hydrogen-bond acceptors (Lipinski definition) is 3. The van der Waals surface area contributed by atoms with E-state index in [4.69, 9.17) is 9.47 Å². The Hall–Kier alpha value is -0.120. The van der Waals surface area contributed by atoms with Crippen molar-refractivity contribution in [3.63, 3.8) is 0 Å². The molecule has 0 amide bonds. The standard InChI is InChI=1S/C16H29NO2/c1-13(14-4-2-3-5-14)17-15-6-9-19-16(12-15)7-10-18-11-8-16/h13-15,17H,2-12H2,1H3. The molecule has 0 bridgehead atoms. The van der Waals surface area contributed by atoms with Crippen molar-refractivity contribution in [3.8, 4) is 0 Å². The lowest BCUT2D eigenvalue weighted by atomic mass is 9.83. The fourth-order valence-corrected chi connectivity index (χ4v) is 4.23. The van der Waals surface area contributed by atoms with E-state index in [0.717, 1.165) is 38.6 Å². The van der Waals surface area contributed by atoms with E-state index in [1.54, 1.807) is 0 Å². The van der Waals surface area contributed by atoms with E-state index in [9.17, 15) is 0 Å². The Kier molecular flexibility index (Phi) is 4.45. The van der Waals surface area contributed by atoms with Crippen LogP contribution >= 0.6 is 0 Å². The molecule has 3 rings (SSSR count). The van der Waals surface area contributed by atoms with Gasteiger partial charge in [0.25, 0.3) is 0 Å². The first-order valence-corrected chi connectivity index (χ1v) is 8.25. The van der Waals surface area contributed by atoms with Gasteiger partial charge in [0.15, 0.2) is 0 Å². The molecule has 3 heteroatoms. The first kappa shape index (κ1) is 13.8. The zero-order valence-electron chi connectivity index (χ0n) is 12.3. The zero-order valence-corrected chi connectivity index (χ0v) is 12.3. The van der Waals surface area contributed by atoms with Gasteiger partial charge in [-0.25, -0.2) is 0 Å². The average Bonchev–Trinajstić information content (AvgIpc) is 2.93. The molecule has 2 heterocycles. The molecule has 1 spiro atoms. The Morgan fingerprint density at radius 1 is 1.05 bits per heavy atom. The van der Waals surface area contributed by atoms with Crippen molar-refractivity contribution in [2.75, 3.05) is 19.8 Å². The molecule has 110 valence electrons. The Balaban J connectivity index is 1.52. The third-order valence-electron chi connectivity index (χ3n) is 5.50. The highest BCUT2D eigenvalue weighted by molar-refractivity contribution is 4.93. The number of hydrogen-bond donors (Lipinski definition) is 1. The van der Waals surface area contributed by atoms with E-state index >= 15 is 0 Å². The van der Waals surface area contributed by atoms with Crippen LogP contribution in [0.2, 0.25) is 0 Å². The van der Waals surface area contributed by atoms with Gasteiger partial charge in [0, 0.05) is 31.9 Å². The van der Waals surface area contributed by atoms with E-state index in [1.165, 1.54) is 38.5 Å². The van der Waals surface area contributed by atoms with Gasteiger partial charge in [0.1, 0.15) is 0 Å². The average molecular weight is 267 g/mol. The molecule has 1 saturated carbocycles. The molecule has 0 radical (unpaired) electrons. The lowest BCUT2D eigenvalue weighted by Gasteiger charge is -2.44. The van der Waals surface area contributed by atoms with Crippen LogP contribution in [0.15, 0.2) is 0 Å². The summed E-state index contributed by atoms with van der Waals surface area (Å²) in [6.07, 6.45) is 10.3. The maximum atomic E-state index is 6.12. The van der Waals surface area contributed by atoms with Gasteiger partial charge < -0.3 is 14.8 Å². The Morgan fingerprint density at radius 3 is 2.53 bits per heavy atom. The van der Waals surface area contributed by atoms with E-state index in [0.29, 0.717) is 12.1 Å². The largest absolute Gasteiger partial charge is 0.381 e. The second-order valence-corrected chi connectivity index (χ2v) is 6.83. The number of rotatable bonds is 3. The van der Waals surface area contributed by atoms with Crippen molar-refractivity contribution in [2.24, 2.45) is 5.92 Å². The second kappa shape index (κ2) is 6.11. The fourth-order valence-electron chi connectivity index (χ4n) is 4.23. The normalized spacial score (nSPS) is 33.6. The molecule has 3 fully saturated rings. The number of ether oxygens (including phenoxy) is 2. The van der Waals surface area contributed by atoms with E-state index < -0.39 is 0 Å². The molecule has 2 atom stereocenters. The van der Waals surface area contributed by atoms with Gasteiger partial charge in [-0.3, -0.25) is 0 Å². The van der Waals surface area contributed by atoms with Crippen molar-refractivity contribution in [1.29, 1.82) is 0 Å². The van der Waals surface area contributed by atoms with Gasteiger partial charge in [-0.15, -0.1) is 0 Å². The van der Waals surface area contributed by atoms with Crippen LogP contribution in [-0.4, -0.2) is 37.5 Å². The molecule has 19 heavy (non-hydrogen) atoms. The van der Waals surface area contributed by atoms with Gasteiger partial charge in [-0.1, -0.05) is 12.8 Å². The minimum Gasteiger partial charge on any atom is -0.381 e. The van der Waals surface area contributed by atoms with Crippen LogP contribution in [0.1, 0.15) is 58.3 Å². The topological polar surface area (TPSA) is 30.5 Å². The van der Waals surface area contributed by atoms with Crippen LogP contribution < -0.4 is 5.32 Å². The van der Waals surface area contributed by atoms with Crippen LogP contribution in [0.4, 0.5) is 0 Å². The van der Waals surface area contributed by atoms with Crippen molar-refractivity contribution in [3.05, 3.63) is 0 Å². The molecule has 1 N–H and O–H groups in total. The summed E-state index contributed by atoms with van der Waals surface area (Å²) in [4.78, 5) is 0. The van der Waals surface area contributed by atoms with Gasteiger partial charge in [-0.2, -0.15) is 0 Å². The maximum absolute atomic E-state index is 6.12. The number of nitrogens with one attached hydrogen (secondary N) is 1. The summed E-state index contributed by atoms with van der Waals surface area (Å²) in [7, 11) is 0. The fraction of sp³-hybridized carbons (Fsp3) is 1.00. The predicted molar refractivity (Wildman–Crippen MR) is 76.3 cm³/mol. The monoisotopic (exact) mass is 267 g/mol. The minimum absolute atomic E-state index is 0.129. The summed E-state index contributed by atoms with van der Waals surface area (Å²) in [6, 6.07) is 1.34. The van der Waals surface area contributed by atoms with E-state index in [2.05, 4.69) is 12.2 Å². The summed E-state index contributed by atoms with van der Waals surface area (Å²) in [5, 5.41) is 3.91. The van der Waals surface area contributed by atoms with E-state index in [-0.39, 0.29) is 5.60 Å². The van der Waals surface area contributed by atoms with Gasteiger partial charge in [-0.05, 0) is 51.4 Å². The van der Waals surface area contributed by atoms with Crippen LogP contribution in [-0.2, 0) is 9.47 Å². The van der Waals surface area contributed by atoms with Crippen molar-refractivity contribution >= 4 is 0 Å². The molecule has 1 aliphatic carbocycles. The summed E-state index contributed by atoms with van der Waals surface area (Å²) < 4.78 is 11.6. The second-order valence-electron chi connectivity index (χ2n) is 6.83. The van der Waals surface area contributed by atoms with E-state index in [1.807, 2.05) is 0 Å². The molecule has 3 nitrogen and oxygen atoms in total. The lowest BCUT2D eigenvalue weighted by Crippen LogP contribution is -2.52. The molecule has 0 aromatic carbocycles. The molecule has 0 aromatic heterocycles. The molecular formula is C16H29NO2. The molecule has 2 aliphatic heterocycles. The van der Waals surface area contributed by atoms with Crippen molar-refractivity contribution in [2.45, 2.75) is 76.0 Å². The van der Waals surface area contributed by atoms with Crippen LogP contribution in [0.25, 0.3) is 0 Å². The quantitative estimate of drug-likeness (QED) is 0.853. The minimum atomic E-state index is 0.129. The summed E-state index contributed by atoms with van der Waals surface area (Å²) in [5.74, 6) is 0.911. The first-order chi connectivity index (χ1) is 9.27. The summed E-state index contributed by atoms with van der Waals surface area (Å²) >= 11 is 0. The predicted octanol–water partition coefficient (Wildman–Crippen LogP) is 2.88. The smallest absolute Gasteiger partial charge is 0.0741 e. The van der Waals surface area contributed by atoms with Gasteiger partial charge >= 0.3 is 0 Å². The first-order valence-electron chi connectivity index (χ1n) is 8.25. The van der Waals surface area contributed by atoms with Crippen molar-refractivity contribution in [1.82, 2.24) is 5.32 Å². The lowest BCUT2D eigenvalue weighted by molar-refractivity contribution is -0.141. The molecule has 2 saturated heterocycles. The SMILES string of the molecule is CC(NC1CCOC2(CCOCC2)C1)C1CCCC1. The van der Waals surface area contributed by atoms with Crippen molar-refractivity contribution < 1.29 is 9.47 Å². The summed E-state index contributed by atoms with van der Waals surface area (Å²) in [5.41, 5.74) is 0.129. The maximum Gasteiger partial charge on any atom is 0.0741 e. The zero-order chi connectivity index (χ0) is 13.1. The van der Waals surface area contributed by atoms with Crippen LogP contribution in [0, 0.1) is 5.92 Å². The highest BCUT2D eigenvalue weighted by atomic mass is 16.5. The third kappa shape index (κ3) is 3.32. The van der Waals surface area contributed by atoms with Crippen LogP contribution in [0.3, 0.4) is 0 Å². The Labute approximate surface area is 117 Å². The highest BCUT2D eigenvalue weighted by Crippen LogP contribution is 2.35. The molecular weight excluding hydrogens is 238 g/mol. The van der Waals surface area contributed by atoms with Gasteiger partial charge in [0.05, 0.1) is 5.60 Å². The van der Waals surface area contributed by atoms with Crippen LogP contribution in [0.5, 0.6) is 0 Å². The Morgan fingerprint density at radius 2 is 1.79 bits per heavy atom. The Bertz CT molecular complexity index is 277. The third-order valence-corrected chi connectivity index (χ3v) is 5.50. The molecule has 0 aromatic rings. The van der Waals surface area contributed by atoms with Gasteiger partial charge in [0.2, 0.25) is 0 Å².